The van der Waals surface area contributed by atoms with E-state index in [9.17, 15) is 9.59 Å². The second kappa shape index (κ2) is 9.14. The topological polar surface area (TPSA) is 99.8 Å². The third kappa shape index (κ3) is 5.00. The van der Waals surface area contributed by atoms with Crippen LogP contribution in [0.1, 0.15) is 39.6 Å². The molecule has 0 bridgehead atoms. The number of H-pyrrole nitrogens is 1. The number of allylic oxidation sites excluding steroid dienone is 1. The number of aryl methyl sites for hydroxylation is 1. The molecule has 31 heavy (non-hydrogen) atoms. The number of nitrogens with zero attached hydrogens (tertiary/aromatic N) is 2. The van der Waals surface area contributed by atoms with Crippen LogP contribution in [0.4, 0.5) is 5.69 Å². The Kier molecular flexibility index (Phi) is 6.13. The van der Waals surface area contributed by atoms with Crippen LogP contribution in [0.3, 0.4) is 0 Å². The highest BCUT2D eigenvalue weighted by molar-refractivity contribution is 6.31. The van der Waals surface area contributed by atoms with E-state index in [1.165, 1.54) is 0 Å². The van der Waals surface area contributed by atoms with Gasteiger partial charge in [-0.3, -0.25) is 9.59 Å². The number of halogens is 1. The fourth-order valence-electron chi connectivity index (χ4n) is 3.60. The zero-order chi connectivity index (χ0) is 21.8. The first-order valence-electron chi connectivity index (χ1n) is 10.0. The first-order valence-corrected chi connectivity index (χ1v) is 10.4. The van der Waals surface area contributed by atoms with Crippen molar-refractivity contribution in [3.05, 3.63) is 88.5 Å². The summed E-state index contributed by atoms with van der Waals surface area (Å²) < 4.78 is 0. The summed E-state index contributed by atoms with van der Waals surface area (Å²) >= 11 is 6.02. The average molecular weight is 436 g/mol. The smallest absolute Gasteiger partial charge is 0.289 e. The SMILES string of the molecule is C=CCc1cccc(Cc2nnc(C(=O)NC3CCc4ccc(Cl)cc4NC3=O)[nH]2)c1. The lowest BCUT2D eigenvalue weighted by atomic mass is 10.1. The lowest BCUT2D eigenvalue weighted by Gasteiger charge is -2.14. The van der Waals surface area contributed by atoms with Crippen LogP contribution in [0.5, 0.6) is 0 Å². The van der Waals surface area contributed by atoms with Crippen molar-refractivity contribution in [3.63, 3.8) is 0 Å². The molecule has 1 aliphatic heterocycles. The minimum absolute atomic E-state index is 0.0786. The van der Waals surface area contributed by atoms with E-state index in [-0.39, 0.29) is 11.7 Å². The monoisotopic (exact) mass is 435 g/mol. The molecule has 0 spiro atoms. The summed E-state index contributed by atoms with van der Waals surface area (Å²) in [6.07, 6.45) is 4.28. The molecule has 7 nitrogen and oxygen atoms in total. The Balaban J connectivity index is 1.40. The van der Waals surface area contributed by atoms with Crippen LogP contribution in [0.2, 0.25) is 5.02 Å². The summed E-state index contributed by atoms with van der Waals surface area (Å²) in [7, 11) is 0. The van der Waals surface area contributed by atoms with Gasteiger partial charge in [-0.25, -0.2) is 0 Å². The fraction of sp³-hybridized carbons (Fsp3) is 0.217. The van der Waals surface area contributed by atoms with Crippen molar-refractivity contribution in [2.24, 2.45) is 0 Å². The average Bonchev–Trinajstić information content (AvgIpc) is 3.15. The zero-order valence-corrected chi connectivity index (χ0v) is 17.6. The Morgan fingerprint density at radius 1 is 1.23 bits per heavy atom. The summed E-state index contributed by atoms with van der Waals surface area (Å²) in [6.45, 7) is 3.76. The Morgan fingerprint density at radius 2 is 2.06 bits per heavy atom. The molecule has 3 N–H and O–H groups in total. The van der Waals surface area contributed by atoms with Gasteiger partial charge >= 0.3 is 0 Å². The predicted molar refractivity (Wildman–Crippen MR) is 119 cm³/mol. The van der Waals surface area contributed by atoms with Gasteiger partial charge in [-0.2, -0.15) is 0 Å². The van der Waals surface area contributed by atoms with Crippen LogP contribution in [0.15, 0.2) is 55.1 Å². The van der Waals surface area contributed by atoms with Crippen molar-refractivity contribution in [2.45, 2.75) is 31.7 Å². The lowest BCUT2D eigenvalue weighted by Crippen LogP contribution is -2.43. The number of amides is 2. The standard InChI is InChI=1S/C23H22ClN5O2/c1-2-4-14-5-3-6-15(11-14)12-20-27-21(29-28-20)23(31)25-18-10-8-16-7-9-17(24)13-19(16)26-22(18)30/h2-3,5-7,9,11,13,18H,1,4,8,10,12H2,(H,25,31)(H,26,30)(H,27,28,29). The minimum Gasteiger partial charge on any atom is -0.337 e. The number of aromatic amines is 1. The molecule has 0 aliphatic carbocycles. The van der Waals surface area contributed by atoms with E-state index in [1.54, 1.807) is 12.1 Å². The summed E-state index contributed by atoms with van der Waals surface area (Å²) in [4.78, 5) is 28.2. The Bertz CT molecular complexity index is 1140. The lowest BCUT2D eigenvalue weighted by molar-refractivity contribution is -0.118. The van der Waals surface area contributed by atoms with E-state index in [0.717, 1.165) is 23.1 Å². The number of hydrogen-bond donors (Lipinski definition) is 3. The van der Waals surface area contributed by atoms with Gasteiger partial charge in [0.2, 0.25) is 11.7 Å². The van der Waals surface area contributed by atoms with Gasteiger partial charge in [0.05, 0.1) is 0 Å². The molecular weight excluding hydrogens is 414 g/mol. The number of rotatable bonds is 6. The molecule has 4 rings (SSSR count). The largest absolute Gasteiger partial charge is 0.337 e. The quantitative estimate of drug-likeness (QED) is 0.516. The van der Waals surface area contributed by atoms with E-state index in [1.807, 2.05) is 30.3 Å². The maximum Gasteiger partial charge on any atom is 0.289 e. The van der Waals surface area contributed by atoms with Gasteiger partial charge in [-0.1, -0.05) is 48.0 Å². The molecule has 1 unspecified atom stereocenters. The van der Waals surface area contributed by atoms with Crippen LogP contribution >= 0.6 is 11.6 Å². The third-order valence-corrected chi connectivity index (χ3v) is 5.38. The van der Waals surface area contributed by atoms with Gasteiger partial charge in [0.1, 0.15) is 11.9 Å². The number of carbonyl (C=O) groups is 2. The van der Waals surface area contributed by atoms with Crippen LogP contribution in [-0.4, -0.2) is 33.0 Å². The van der Waals surface area contributed by atoms with Crippen molar-refractivity contribution in [1.29, 1.82) is 0 Å². The van der Waals surface area contributed by atoms with E-state index in [2.05, 4.69) is 38.5 Å². The predicted octanol–water partition coefficient (Wildman–Crippen LogP) is 3.46. The highest BCUT2D eigenvalue weighted by atomic mass is 35.5. The number of hydrogen-bond acceptors (Lipinski definition) is 4. The molecule has 1 aliphatic rings. The number of aromatic nitrogens is 3. The Hall–Kier alpha value is -3.45. The molecule has 1 aromatic heterocycles. The molecule has 1 atom stereocenters. The second-order valence-electron chi connectivity index (χ2n) is 7.47. The van der Waals surface area contributed by atoms with E-state index in [0.29, 0.717) is 35.8 Å². The van der Waals surface area contributed by atoms with E-state index >= 15 is 0 Å². The number of fused-ring (bicyclic) bond motifs is 1. The number of nitrogens with one attached hydrogen (secondary N) is 3. The number of carbonyl (C=O) groups excluding carboxylic acids is 2. The molecule has 0 saturated heterocycles. The van der Waals surface area contributed by atoms with Gasteiger partial charge in [0.25, 0.3) is 5.91 Å². The van der Waals surface area contributed by atoms with Gasteiger partial charge in [-0.05, 0) is 48.1 Å². The fourth-order valence-corrected chi connectivity index (χ4v) is 3.78. The molecule has 2 aromatic carbocycles. The molecule has 0 saturated carbocycles. The van der Waals surface area contributed by atoms with Crippen LogP contribution < -0.4 is 10.6 Å². The molecule has 0 fully saturated rings. The van der Waals surface area contributed by atoms with E-state index in [4.69, 9.17) is 11.6 Å². The number of anilines is 1. The van der Waals surface area contributed by atoms with Crippen molar-refractivity contribution >= 4 is 29.1 Å². The first kappa shape index (κ1) is 20.8. The number of benzene rings is 2. The van der Waals surface area contributed by atoms with Crippen molar-refractivity contribution in [3.8, 4) is 0 Å². The Morgan fingerprint density at radius 3 is 2.90 bits per heavy atom. The van der Waals surface area contributed by atoms with Gasteiger partial charge in [0, 0.05) is 17.1 Å². The maximum atomic E-state index is 12.6. The van der Waals surface area contributed by atoms with Crippen LogP contribution in [0, 0.1) is 0 Å². The van der Waals surface area contributed by atoms with Gasteiger partial charge in [0.15, 0.2) is 0 Å². The maximum absolute atomic E-state index is 12.6. The summed E-state index contributed by atoms with van der Waals surface area (Å²) in [5, 5.41) is 14.2. The highest BCUT2D eigenvalue weighted by Gasteiger charge is 2.26. The Labute approximate surface area is 184 Å². The van der Waals surface area contributed by atoms with Gasteiger partial charge in [-0.15, -0.1) is 16.8 Å². The zero-order valence-electron chi connectivity index (χ0n) is 16.8. The molecular formula is C23H22ClN5O2. The van der Waals surface area contributed by atoms with E-state index < -0.39 is 11.9 Å². The summed E-state index contributed by atoms with van der Waals surface area (Å²) in [5.74, 6) is -0.0976. The molecule has 2 amide bonds. The highest BCUT2D eigenvalue weighted by Crippen LogP contribution is 2.25. The normalized spacial score (nSPS) is 15.5. The van der Waals surface area contributed by atoms with Crippen molar-refractivity contribution in [1.82, 2.24) is 20.5 Å². The summed E-state index contributed by atoms with van der Waals surface area (Å²) in [6, 6.07) is 12.8. The third-order valence-electron chi connectivity index (χ3n) is 5.15. The first-order chi connectivity index (χ1) is 15.0. The molecule has 3 aromatic rings. The molecule has 158 valence electrons. The second-order valence-corrected chi connectivity index (χ2v) is 7.90. The molecule has 8 heteroatoms. The van der Waals surface area contributed by atoms with Gasteiger partial charge < -0.3 is 15.6 Å². The van der Waals surface area contributed by atoms with Crippen molar-refractivity contribution in [2.75, 3.05) is 5.32 Å². The van der Waals surface area contributed by atoms with Crippen molar-refractivity contribution < 1.29 is 9.59 Å². The molecule has 0 radical (unpaired) electrons. The molecule has 2 heterocycles. The summed E-state index contributed by atoms with van der Waals surface area (Å²) in [5.41, 5.74) is 3.87. The minimum atomic E-state index is -0.678. The van der Waals surface area contributed by atoms with Crippen LogP contribution in [-0.2, 0) is 24.1 Å². The van der Waals surface area contributed by atoms with Crippen LogP contribution in [0.25, 0.3) is 0 Å².